The topological polar surface area (TPSA) is 381 Å². The lowest BCUT2D eigenvalue weighted by molar-refractivity contribution is -0.137. The summed E-state index contributed by atoms with van der Waals surface area (Å²) in [4.78, 5) is 23.3. The average Bonchev–Trinajstić information content (AvgIpc) is 1.65. The lowest BCUT2D eigenvalue weighted by Crippen LogP contribution is -2.04. The number of aromatic amines is 5. The molecule has 0 radical (unpaired) electrons. The molecule has 0 saturated carbocycles. The van der Waals surface area contributed by atoms with E-state index in [9.17, 15) is 17.6 Å². The van der Waals surface area contributed by atoms with Gasteiger partial charge in [0.25, 0.3) is 0 Å². The SMILES string of the molecule is C.COc1ccccc1Nc1nc2ccccc2c2[nH]nc(N)c12.Cc1[nH]nc2c1c(Nc1ccc(C(F)(F)F)cc1)nc1ccccc12.Cc1ccc(Nc2nc3ccccc3c3[nH]nc(N)c23)cc1.Nc1n[nH]c2c1c(Nc1ccc(Cl)cc1)nc1ccccc12.Nc1n[nH]c2c1c(Nc1ccc(F)cc1)nc1ccccc12. The maximum absolute atomic E-state index is 13.0. The Morgan fingerprint density at radius 2 is 0.670 bits per heavy atom. The van der Waals surface area contributed by atoms with E-state index in [4.69, 9.17) is 49.2 Å². The Kier molecular flexibility index (Phi) is 20.8. The molecule has 25 nitrogen and oxygen atoms in total. The number of ether oxygens (including phenoxy) is 1. The maximum Gasteiger partial charge on any atom is 0.416 e. The first kappa shape index (κ1) is 75.0. The van der Waals surface area contributed by atoms with Crippen LogP contribution < -0.4 is 54.3 Å². The van der Waals surface area contributed by atoms with Crippen LogP contribution in [0.4, 0.5) is 98.4 Å². The monoisotopic (exact) mass is 1550 g/mol. The van der Waals surface area contributed by atoms with E-state index in [1.54, 1.807) is 19.2 Å². The number of para-hydroxylation sites is 7. The van der Waals surface area contributed by atoms with E-state index in [0.29, 0.717) is 63.1 Å². The number of hydrogen-bond acceptors (Lipinski definition) is 20. The molecule has 0 aliphatic carbocycles. The Morgan fingerprint density at radius 1 is 0.357 bits per heavy atom. The third kappa shape index (κ3) is 15.5. The predicted octanol–water partition coefficient (Wildman–Crippen LogP) is 20.7. The summed E-state index contributed by atoms with van der Waals surface area (Å²) in [6, 6.07) is 73.2. The second-order valence-electron chi connectivity index (χ2n) is 26.2. The van der Waals surface area contributed by atoms with Crippen molar-refractivity contribution in [3.8, 4) is 5.75 Å². The van der Waals surface area contributed by atoms with E-state index >= 15 is 0 Å². The molecule has 115 heavy (non-hydrogen) atoms. The molecule has 0 amide bonds. The van der Waals surface area contributed by atoms with Gasteiger partial charge >= 0.3 is 6.18 Å². The quantitative estimate of drug-likeness (QED) is 0.0535. The van der Waals surface area contributed by atoms with E-state index in [-0.39, 0.29) is 13.2 Å². The Bertz CT molecular complexity index is 6540. The molecule has 20 rings (SSSR count). The maximum atomic E-state index is 13.0. The van der Waals surface area contributed by atoms with Crippen LogP contribution >= 0.6 is 11.6 Å². The highest BCUT2D eigenvalue weighted by Crippen LogP contribution is 2.40. The zero-order chi connectivity index (χ0) is 78.7. The van der Waals surface area contributed by atoms with Gasteiger partial charge in [0.15, 0.2) is 23.3 Å². The fourth-order valence-corrected chi connectivity index (χ4v) is 13.3. The van der Waals surface area contributed by atoms with Crippen molar-refractivity contribution in [2.24, 2.45) is 0 Å². The highest BCUT2D eigenvalue weighted by Gasteiger charge is 2.30. The zero-order valence-corrected chi connectivity index (χ0v) is 61.4. The minimum atomic E-state index is -4.35. The number of benzene rings is 10. The van der Waals surface area contributed by atoms with Gasteiger partial charge in [0.1, 0.15) is 46.2 Å². The van der Waals surface area contributed by atoms with Crippen LogP contribution in [-0.4, -0.2) is 83.0 Å². The molecule has 18 N–H and O–H groups in total. The van der Waals surface area contributed by atoms with Crippen molar-refractivity contribution in [1.29, 1.82) is 0 Å². The molecule has 0 bridgehead atoms. The number of nitrogen functional groups attached to an aromatic ring is 4. The number of alkyl halides is 3. The number of nitrogens with two attached hydrogens (primary N) is 4. The van der Waals surface area contributed by atoms with Crippen LogP contribution in [0, 0.1) is 19.7 Å². The smallest absolute Gasteiger partial charge is 0.416 e. The van der Waals surface area contributed by atoms with Crippen LogP contribution in [0.15, 0.2) is 243 Å². The fourth-order valence-electron chi connectivity index (χ4n) is 13.2. The molecule has 572 valence electrons. The minimum Gasteiger partial charge on any atom is -0.495 e. The summed E-state index contributed by atoms with van der Waals surface area (Å²) in [5, 5.41) is 61.4. The summed E-state index contributed by atoms with van der Waals surface area (Å²) in [7, 11) is 1.64. The number of nitrogens with one attached hydrogen (secondary N) is 10. The summed E-state index contributed by atoms with van der Waals surface area (Å²) in [5.74, 6) is 5.27. The van der Waals surface area contributed by atoms with Crippen LogP contribution in [0.2, 0.25) is 5.02 Å². The molecule has 0 aliphatic heterocycles. The van der Waals surface area contributed by atoms with Crippen molar-refractivity contribution < 1.29 is 22.3 Å². The molecule has 0 aliphatic rings. The lowest BCUT2D eigenvalue weighted by Gasteiger charge is -2.12. The number of methoxy groups -OCH3 is 1. The highest BCUT2D eigenvalue weighted by molar-refractivity contribution is 6.30. The predicted molar refractivity (Wildman–Crippen MR) is 456 cm³/mol. The molecule has 30 heteroatoms. The van der Waals surface area contributed by atoms with Gasteiger partial charge in [0, 0.05) is 60.4 Å². The molecule has 20 aromatic rings. The summed E-state index contributed by atoms with van der Waals surface area (Å²) < 4.78 is 56.5. The van der Waals surface area contributed by atoms with Gasteiger partial charge in [-0.05, 0) is 141 Å². The van der Waals surface area contributed by atoms with Crippen molar-refractivity contribution >= 4 is 201 Å². The average molecular weight is 1560 g/mol. The first-order chi connectivity index (χ1) is 55.4. The summed E-state index contributed by atoms with van der Waals surface area (Å²) >= 11 is 5.92. The fraction of sp³-hybridized carbons (Fsp3) is 0.0588. The number of nitrogens with zero attached hydrogens (tertiary/aromatic N) is 10. The number of rotatable bonds is 11. The Hall–Kier alpha value is -15.4. The second-order valence-corrected chi connectivity index (χ2v) is 26.6. The second kappa shape index (κ2) is 31.9. The van der Waals surface area contributed by atoms with E-state index in [0.717, 1.165) is 155 Å². The first-order valence-electron chi connectivity index (χ1n) is 35.4. The first-order valence-corrected chi connectivity index (χ1v) is 35.8. The molecule has 0 atom stereocenters. The minimum absolute atomic E-state index is 0. The summed E-state index contributed by atoms with van der Waals surface area (Å²) in [5.41, 5.74) is 37.8. The van der Waals surface area contributed by atoms with Gasteiger partial charge in [-0.1, -0.05) is 140 Å². The van der Waals surface area contributed by atoms with Gasteiger partial charge in [-0.15, -0.1) is 0 Å². The Balaban J connectivity index is 0.000000113. The molecule has 0 unspecified atom stereocenters. The van der Waals surface area contributed by atoms with Crippen molar-refractivity contribution in [2.75, 3.05) is 56.6 Å². The van der Waals surface area contributed by atoms with Gasteiger partial charge in [-0.3, -0.25) is 25.5 Å². The number of aryl methyl sites for hydroxylation is 2. The number of fused-ring (bicyclic) bond motifs is 15. The zero-order valence-electron chi connectivity index (χ0n) is 60.7. The van der Waals surface area contributed by atoms with Crippen LogP contribution in [-0.2, 0) is 6.18 Å². The molecule has 0 fully saturated rings. The highest BCUT2D eigenvalue weighted by atomic mass is 35.5. The molecule has 0 spiro atoms. The van der Waals surface area contributed by atoms with E-state index in [1.807, 2.05) is 189 Å². The lowest BCUT2D eigenvalue weighted by atomic mass is 10.1. The molecule has 10 aromatic heterocycles. The molecule has 0 saturated heterocycles. The van der Waals surface area contributed by atoms with Crippen molar-refractivity contribution in [3.63, 3.8) is 0 Å². The summed E-state index contributed by atoms with van der Waals surface area (Å²) in [6.45, 7) is 3.94. The van der Waals surface area contributed by atoms with Crippen molar-refractivity contribution in [3.05, 3.63) is 270 Å². The Morgan fingerprint density at radius 3 is 1.05 bits per heavy atom. The molecule has 10 aromatic carbocycles. The van der Waals surface area contributed by atoms with Crippen LogP contribution in [0.25, 0.3) is 109 Å². The molecule has 10 heterocycles. The largest absolute Gasteiger partial charge is 0.495 e. The number of anilines is 14. The number of H-pyrrole nitrogens is 5. The van der Waals surface area contributed by atoms with Gasteiger partial charge in [0.05, 0.1) is 94.9 Å². The van der Waals surface area contributed by atoms with E-state index < -0.39 is 11.7 Å². The van der Waals surface area contributed by atoms with Crippen LogP contribution in [0.5, 0.6) is 5.75 Å². The van der Waals surface area contributed by atoms with Gasteiger partial charge < -0.3 is 54.3 Å². The van der Waals surface area contributed by atoms with Crippen LogP contribution in [0.1, 0.15) is 24.2 Å². The number of pyridine rings is 5. The van der Waals surface area contributed by atoms with Gasteiger partial charge in [0.2, 0.25) is 0 Å². The molecular weight excluding hydrogens is 1480 g/mol. The van der Waals surface area contributed by atoms with Crippen molar-refractivity contribution in [1.82, 2.24) is 75.9 Å². The molecular formula is C85H71ClF4N24O. The number of halogens is 5. The van der Waals surface area contributed by atoms with Crippen molar-refractivity contribution in [2.45, 2.75) is 27.5 Å². The van der Waals surface area contributed by atoms with E-state index in [2.05, 4.69) is 112 Å². The summed E-state index contributed by atoms with van der Waals surface area (Å²) in [6.07, 6.45) is -4.35. The normalized spacial score (nSPS) is 11.2. The van der Waals surface area contributed by atoms with Gasteiger partial charge in [-0.2, -0.15) is 38.7 Å². The van der Waals surface area contributed by atoms with E-state index in [1.165, 1.54) is 29.8 Å². The van der Waals surface area contributed by atoms with Gasteiger partial charge in [-0.25, -0.2) is 29.3 Å². The van der Waals surface area contributed by atoms with Crippen LogP contribution in [0.3, 0.4) is 0 Å². The third-order valence-electron chi connectivity index (χ3n) is 18.7. The standard InChI is InChI=1S/C18H13F3N4.C17H15N5O.C17H15N5.C16H12ClN5.C16H12FN5.CH4/c1-10-15-16(25-24-10)13-4-2-3-5-14(13)23-17(15)22-12-8-6-11(7-9-12)18(19,20)21;1-23-13-9-5-4-8-12(13)20-17-14-15(21-22-16(14)18)10-6-2-3-7-11(10)19-17;1-10-6-8-11(9-7-10)19-17-14-15(21-22-16(14)18)12-4-2-3-5-13(12)20-17;2*17-9-5-7-10(8-6-9)19-16-13-14(21-22-15(13)18)11-3-1-2-4-12(11)20-16;/h2-9H,1H3,(H,22,23)(H,24,25);2-9H,1H3,(H,19,20)(H3,18,21,22);2-9H,1H3,(H,19,20)(H3,18,21,22);2*1-8H,(H,19,20)(H3,18,21,22);1H4. The third-order valence-corrected chi connectivity index (χ3v) is 18.9. The number of hydrogen-bond donors (Lipinski definition) is 14. The number of aromatic nitrogens is 15. The Labute approximate surface area is 656 Å².